The van der Waals surface area contributed by atoms with Crippen LogP contribution in [0.1, 0.15) is 53.9 Å². The third kappa shape index (κ3) is 7.07. The van der Waals surface area contributed by atoms with Gasteiger partial charge in [-0.15, -0.1) is 0 Å². The maximum Gasteiger partial charge on any atom is 0.410 e. The second kappa shape index (κ2) is 9.99. The van der Waals surface area contributed by atoms with Crippen LogP contribution in [0, 0.1) is 11.8 Å². The fraction of sp³-hybridized carbons (Fsp3) is 0.800. The number of carbonyl (C=O) groups excluding carboxylic acids is 4. The molecule has 2 heterocycles. The SMILES string of the molecule is CC(C)OC(=O)N1CCC(C(=O)NNC(=O)[C@H]2CCN(C(=O)OC(C)(C)C)C2)CC1. The highest BCUT2D eigenvalue weighted by Gasteiger charge is 2.34. The Hall–Kier alpha value is -2.52. The summed E-state index contributed by atoms with van der Waals surface area (Å²) in [5.74, 6) is -1.28. The van der Waals surface area contributed by atoms with E-state index < -0.39 is 17.6 Å². The van der Waals surface area contributed by atoms with Crippen LogP contribution in [0.3, 0.4) is 0 Å². The molecule has 0 unspecified atom stereocenters. The molecule has 2 rings (SSSR count). The molecule has 0 aromatic heterocycles. The number of rotatable bonds is 3. The molecule has 0 bridgehead atoms. The lowest BCUT2D eigenvalue weighted by Gasteiger charge is -2.31. The van der Waals surface area contributed by atoms with E-state index in [9.17, 15) is 19.2 Å². The summed E-state index contributed by atoms with van der Waals surface area (Å²) >= 11 is 0. The van der Waals surface area contributed by atoms with Gasteiger partial charge in [0.25, 0.3) is 0 Å². The average Bonchev–Trinajstić information content (AvgIpc) is 3.14. The first-order valence-electron chi connectivity index (χ1n) is 10.5. The summed E-state index contributed by atoms with van der Waals surface area (Å²) in [5.41, 5.74) is 4.36. The van der Waals surface area contributed by atoms with Gasteiger partial charge < -0.3 is 19.3 Å². The zero-order chi connectivity index (χ0) is 22.5. The second-order valence-electron chi connectivity index (χ2n) is 9.08. The van der Waals surface area contributed by atoms with E-state index in [1.165, 1.54) is 4.90 Å². The summed E-state index contributed by atoms with van der Waals surface area (Å²) in [5, 5.41) is 0. The van der Waals surface area contributed by atoms with Crippen LogP contribution in [0.15, 0.2) is 0 Å². The molecule has 2 saturated heterocycles. The molecule has 2 aliphatic rings. The van der Waals surface area contributed by atoms with Gasteiger partial charge in [0.15, 0.2) is 0 Å². The average molecular weight is 427 g/mol. The van der Waals surface area contributed by atoms with Crippen molar-refractivity contribution in [2.75, 3.05) is 26.2 Å². The molecule has 0 aromatic carbocycles. The number of hydrogen-bond donors (Lipinski definition) is 2. The topological polar surface area (TPSA) is 117 Å². The second-order valence-corrected chi connectivity index (χ2v) is 9.08. The van der Waals surface area contributed by atoms with Crippen LogP contribution in [0.25, 0.3) is 0 Å². The van der Waals surface area contributed by atoms with E-state index in [0.717, 1.165) is 0 Å². The monoisotopic (exact) mass is 426 g/mol. The molecular weight excluding hydrogens is 392 g/mol. The number of hydrogen-bond acceptors (Lipinski definition) is 6. The molecule has 30 heavy (non-hydrogen) atoms. The van der Waals surface area contributed by atoms with Gasteiger partial charge in [0.2, 0.25) is 11.8 Å². The number of amides is 4. The smallest absolute Gasteiger partial charge is 0.410 e. The van der Waals surface area contributed by atoms with Crippen LogP contribution in [-0.4, -0.2) is 71.7 Å². The van der Waals surface area contributed by atoms with E-state index in [1.54, 1.807) is 39.5 Å². The molecule has 170 valence electrons. The number of nitrogens with one attached hydrogen (secondary N) is 2. The first-order chi connectivity index (χ1) is 14.0. The van der Waals surface area contributed by atoms with Crippen LogP contribution < -0.4 is 10.9 Å². The predicted molar refractivity (Wildman–Crippen MR) is 108 cm³/mol. The van der Waals surface area contributed by atoms with Crippen molar-refractivity contribution in [3.63, 3.8) is 0 Å². The summed E-state index contributed by atoms with van der Waals surface area (Å²) in [6, 6.07) is 0. The molecule has 10 heteroatoms. The molecule has 0 saturated carbocycles. The molecule has 10 nitrogen and oxygen atoms in total. The van der Waals surface area contributed by atoms with E-state index in [0.29, 0.717) is 38.9 Å². The van der Waals surface area contributed by atoms with Crippen molar-refractivity contribution in [3.05, 3.63) is 0 Å². The highest BCUT2D eigenvalue weighted by Crippen LogP contribution is 2.20. The molecule has 1 atom stereocenters. The highest BCUT2D eigenvalue weighted by molar-refractivity contribution is 5.85. The van der Waals surface area contributed by atoms with Crippen LogP contribution >= 0.6 is 0 Å². The minimum Gasteiger partial charge on any atom is -0.447 e. The first-order valence-corrected chi connectivity index (χ1v) is 10.5. The molecule has 2 N–H and O–H groups in total. The highest BCUT2D eigenvalue weighted by atomic mass is 16.6. The number of carbonyl (C=O) groups is 4. The Morgan fingerprint density at radius 3 is 1.87 bits per heavy atom. The fourth-order valence-electron chi connectivity index (χ4n) is 3.39. The van der Waals surface area contributed by atoms with Crippen molar-refractivity contribution in [3.8, 4) is 0 Å². The maximum absolute atomic E-state index is 12.4. The Labute approximate surface area is 177 Å². The van der Waals surface area contributed by atoms with Gasteiger partial charge in [0.1, 0.15) is 5.60 Å². The minimum absolute atomic E-state index is 0.185. The predicted octanol–water partition coefficient (Wildman–Crippen LogP) is 1.65. The zero-order valence-corrected chi connectivity index (χ0v) is 18.5. The zero-order valence-electron chi connectivity index (χ0n) is 18.5. The molecule has 2 aliphatic heterocycles. The van der Waals surface area contributed by atoms with Gasteiger partial charge in [-0.3, -0.25) is 20.4 Å². The van der Waals surface area contributed by atoms with Gasteiger partial charge in [-0.1, -0.05) is 0 Å². The number of likely N-dealkylation sites (tertiary alicyclic amines) is 2. The normalized spacial score (nSPS) is 20.1. The van der Waals surface area contributed by atoms with Crippen molar-refractivity contribution in [2.45, 2.75) is 65.6 Å². The van der Waals surface area contributed by atoms with E-state index >= 15 is 0 Å². The summed E-state index contributed by atoms with van der Waals surface area (Å²) < 4.78 is 10.5. The minimum atomic E-state index is -0.591. The van der Waals surface area contributed by atoms with Gasteiger partial charge in [0.05, 0.1) is 12.0 Å². The van der Waals surface area contributed by atoms with Crippen LogP contribution in [-0.2, 0) is 19.1 Å². The molecule has 0 spiro atoms. The van der Waals surface area contributed by atoms with Gasteiger partial charge in [0, 0.05) is 32.1 Å². The number of ether oxygens (including phenoxy) is 2. The fourth-order valence-corrected chi connectivity index (χ4v) is 3.39. The van der Waals surface area contributed by atoms with Gasteiger partial charge in [-0.05, 0) is 53.9 Å². The summed E-state index contributed by atoms with van der Waals surface area (Å²) in [4.78, 5) is 51.8. The van der Waals surface area contributed by atoms with Crippen LogP contribution in [0.2, 0.25) is 0 Å². The molecular formula is C20H34N4O6. The first kappa shape index (κ1) is 23.8. The molecule has 0 radical (unpaired) electrons. The van der Waals surface area contributed by atoms with Crippen LogP contribution in [0.5, 0.6) is 0 Å². The van der Waals surface area contributed by atoms with E-state index in [2.05, 4.69) is 10.9 Å². The third-order valence-electron chi connectivity index (χ3n) is 4.98. The number of piperidine rings is 1. The lowest BCUT2D eigenvalue weighted by atomic mass is 9.96. The van der Waals surface area contributed by atoms with Crippen molar-refractivity contribution in [1.82, 2.24) is 20.7 Å². The maximum atomic E-state index is 12.4. The quantitative estimate of drug-likeness (QED) is 0.663. The Balaban J connectivity index is 1.71. The van der Waals surface area contributed by atoms with E-state index in [1.807, 2.05) is 0 Å². The molecule has 0 aliphatic carbocycles. The standard InChI is InChI=1S/C20H34N4O6/c1-13(2)29-18(27)23-9-6-14(7-10-23)16(25)21-22-17(26)15-8-11-24(12-15)19(28)30-20(3,4)5/h13-15H,6-12H2,1-5H3,(H,21,25)(H,22,26)/t15-/m0/s1. The van der Waals surface area contributed by atoms with Crippen molar-refractivity contribution in [2.24, 2.45) is 11.8 Å². The molecule has 0 aromatic rings. The summed E-state index contributed by atoms with van der Waals surface area (Å²) in [6.07, 6.45) is 0.528. The molecule has 2 fully saturated rings. The Kier molecular flexibility index (Phi) is 7.91. The third-order valence-corrected chi connectivity index (χ3v) is 4.98. The van der Waals surface area contributed by atoms with Crippen molar-refractivity contribution in [1.29, 1.82) is 0 Å². The van der Waals surface area contributed by atoms with Gasteiger partial charge in [-0.25, -0.2) is 9.59 Å². The summed E-state index contributed by atoms with van der Waals surface area (Å²) in [6.45, 7) is 10.5. The number of hydrazine groups is 1. The lowest BCUT2D eigenvalue weighted by Crippen LogP contribution is -2.50. The largest absolute Gasteiger partial charge is 0.447 e. The van der Waals surface area contributed by atoms with Crippen molar-refractivity contribution >= 4 is 24.0 Å². The Morgan fingerprint density at radius 1 is 0.833 bits per heavy atom. The number of nitrogens with zero attached hydrogens (tertiary/aromatic N) is 2. The van der Waals surface area contributed by atoms with Crippen molar-refractivity contribution < 1.29 is 28.7 Å². The van der Waals surface area contributed by atoms with Gasteiger partial charge in [-0.2, -0.15) is 0 Å². The van der Waals surface area contributed by atoms with E-state index in [4.69, 9.17) is 9.47 Å². The Bertz CT molecular complexity index is 652. The lowest BCUT2D eigenvalue weighted by molar-refractivity contribution is -0.133. The molecule has 4 amide bonds. The van der Waals surface area contributed by atoms with Gasteiger partial charge >= 0.3 is 12.2 Å². The van der Waals surface area contributed by atoms with E-state index in [-0.39, 0.29) is 36.5 Å². The van der Waals surface area contributed by atoms with Crippen LogP contribution in [0.4, 0.5) is 9.59 Å². The summed E-state index contributed by atoms with van der Waals surface area (Å²) in [7, 11) is 0. The Morgan fingerprint density at radius 2 is 1.33 bits per heavy atom.